The third-order valence-electron chi connectivity index (χ3n) is 5.35. The molecule has 0 saturated heterocycles. The van der Waals surface area contributed by atoms with E-state index >= 15 is 0 Å². The molecular formula is C23H25BrN6O. The standard InChI is InChI=1S/C23H25BrN6O/c1-5-29-12-19(24)20(27-29)13-28(4)21(31)14-30-23-22(16(3)26-30)18(9-10-25-23)17-8-6-7-15(2)11-17/h6-12H,5,13-14H2,1-4H3. The summed E-state index contributed by atoms with van der Waals surface area (Å²) in [5, 5.41) is 10.1. The molecule has 0 aliphatic carbocycles. The molecule has 0 bridgehead atoms. The highest BCUT2D eigenvalue weighted by atomic mass is 79.9. The summed E-state index contributed by atoms with van der Waals surface area (Å²) >= 11 is 3.52. The van der Waals surface area contributed by atoms with Gasteiger partial charge in [-0.15, -0.1) is 0 Å². The van der Waals surface area contributed by atoms with Crippen LogP contribution in [0.3, 0.4) is 0 Å². The van der Waals surface area contributed by atoms with Crippen molar-refractivity contribution in [3.05, 3.63) is 64.1 Å². The Balaban J connectivity index is 1.61. The molecule has 3 heterocycles. The Morgan fingerprint density at radius 2 is 2.00 bits per heavy atom. The van der Waals surface area contributed by atoms with Crippen LogP contribution in [0.1, 0.15) is 23.9 Å². The number of hydrogen-bond donors (Lipinski definition) is 0. The molecule has 160 valence electrons. The Morgan fingerprint density at radius 3 is 2.71 bits per heavy atom. The maximum Gasteiger partial charge on any atom is 0.244 e. The summed E-state index contributed by atoms with van der Waals surface area (Å²) in [6, 6.07) is 10.4. The van der Waals surface area contributed by atoms with E-state index in [0.29, 0.717) is 6.54 Å². The SMILES string of the molecule is CCn1cc(Br)c(CN(C)C(=O)Cn2nc(C)c3c(-c4cccc(C)c4)ccnc32)n1. The molecule has 4 aromatic rings. The monoisotopic (exact) mass is 480 g/mol. The Bertz CT molecular complexity index is 1260. The lowest BCUT2D eigenvalue weighted by Crippen LogP contribution is -2.30. The lowest BCUT2D eigenvalue weighted by molar-refractivity contribution is -0.131. The van der Waals surface area contributed by atoms with Gasteiger partial charge in [0.2, 0.25) is 5.91 Å². The number of aromatic nitrogens is 5. The second kappa shape index (κ2) is 8.63. The lowest BCUT2D eigenvalue weighted by atomic mass is 10.0. The van der Waals surface area contributed by atoms with Crippen molar-refractivity contribution < 1.29 is 4.79 Å². The van der Waals surface area contributed by atoms with Gasteiger partial charge in [-0.1, -0.05) is 29.8 Å². The van der Waals surface area contributed by atoms with Gasteiger partial charge in [-0.25, -0.2) is 9.67 Å². The summed E-state index contributed by atoms with van der Waals surface area (Å²) in [6.45, 7) is 7.39. The topological polar surface area (TPSA) is 68.8 Å². The van der Waals surface area contributed by atoms with E-state index in [4.69, 9.17) is 0 Å². The number of carbonyl (C=O) groups excluding carboxylic acids is 1. The first kappa shape index (κ1) is 21.2. The molecule has 8 heteroatoms. The predicted molar refractivity (Wildman–Crippen MR) is 125 cm³/mol. The number of benzene rings is 1. The predicted octanol–water partition coefficient (Wildman–Crippen LogP) is 4.35. The van der Waals surface area contributed by atoms with Crippen LogP contribution in [0.25, 0.3) is 22.2 Å². The van der Waals surface area contributed by atoms with E-state index in [9.17, 15) is 4.79 Å². The fourth-order valence-electron chi connectivity index (χ4n) is 3.71. The second-order valence-electron chi connectivity index (χ2n) is 7.70. The molecule has 3 aromatic heterocycles. The quantitative estimate of drug-likeness (QED) is 0.411. The van der Waals surface area contributed by atoms with E-state index in [-0.39, 0.29) is 12.5 Å². The van der Waals surface area contributed by atoms with Crippen molar-refractivity contribution in [1.29, 1.82) is 0 Å². The Morgan fingerprint density at radius 1 is 1.19 bits per heavy atom. The summed E-state index contributed by atoms with van der Waals surface area (Å²) in [5.41, 5.74) is 5.80. The zero-order chi connectivity index (χ0) is 22.1. The molecular weight excluding hydrogens is 456 g/mol. The van der Waals surface area contributed by atoms with Crippen LogP contribution < -0.4 is 0 Å². The van der Waals surface area contributed by atoms with Gasteiger partial charge in [0.1, 0.15) is 6.54 Å². The minimum absolute atomic E-state index is 0.0508. The molecule has 0 saturated carbocycles. The molecule has 1 amide bonds. The molecule has 0 atom stereocenters. The number of carbonyl (C=O) groups is 1. The van der Waals surface area contributed by atoms with E-state index in [2.05, 4.69) is 56.2 Å². The molecule has 4 rings (SSSR count). The minimum Gasteiger partial charge on any atom is -0.338 e. The third-order valence-corrected chi connectivity index (χ3v) is 6.01. The summed E-state index contributed by atoms with van der Waals surface area (Å²) < 4.78 is 4.44. The van der Waals surface area contributed by atoms with Crippen molar-refractivity contribution in [2.75, 3.05) is 7.05 Å². The first-order chi connectivity index (χ1) is 14.9. The van der Waals surface area contributed by atoms with Gasteiger partial charge in [-0.2, -0.15) is 10.2 Å². The largest absolute Gasteiger partial charge is 0.338 e. The molecule has 0 fully saturated rings. The lowest BCUT2D eigenvalue weighted by Gasteiger charge is -2.16. The highest BCUT2D eigenvalue weighted by Crippen LogP contribution is 2.30. The molecule has 31 heavy (non-hydrogen) atoms. The number of halogens is 1. The van der Waals surface area contributed by atoms with E-state index in [1.165, 1.54) is 5.56 Å². The van der Waals surface area contributed by atoms with Crippen molar-refractivity contribution in [2.24, 2.45) is 0 Å². The first-order valence-electron chi connectivity index (χ1n) is 10.2. The van der Waals surface area contributed by atoms with Crippen LogP contribution in [-0.2, 0) is 24.4 Å². The summed E-state index contributed by atoms with van der Waals surface area (Å²) in [6.07, 6.45) is 3.70. The average Bonchev–Trinajstić information content (AvgIpc) is 3.27. The first-order valence-corrected chi connectivity index (χ1v) is 11.0. The molecule has 0 aliphatic heterocycles. The number of pyridine rings is 1. The van der Waals surface area contributed by atoms with Crippen LogP contribution in [-0.4, -0.2) is 42.4 Å². The Kier molecular flexibility index (Phi) is 5.91. The van der Waals surface area contributed by atoms with Gasteiger partial charge < -0.3 is 4.90 Å². The molecule has 0 unspecified atom stereocenters. The maximum absolute atomic E-state index is 12.9. The van der Waals surface area contributed by atoms with Crippen molar-refractivity contribution in [1.82, 2.24) is 29.4 Å². The van der Waals surface area contributed by atoms with Crippen molar-refractivity contribution in [2.45, 2.75) is 40.4 Å². The van der Waals surface area contributed by atoms with Crippen LogP contribution in [0.2, 0.25) is 0 Å². The number of hydrogen-bond acceptors (Lipinski definition) is 4. The Hall–Kier alpha value is -3.00. The number of aryl methyl sites for hydroxylation is 3. The summed E-state index contributed by atoms with van der Waals surface area (Å²) in [7, 11) is 1.78. The smallest absolute Gasteiger partial charge is 0.244 e. The van der Waals surface area contributed by atoms with Gasteiger partial charge >= 0.3 is 0 Å². The minimum atomic E-state index is -0.0508. The van der Waals surface area contributed by atoms with Gasteiger partial charge in [0.15, 0.2) is 5.65 Å². The fraction of sp³-hybridized carbons (Fsp3) is 0.304. The van der Waals surface area contributed by atoms with Crippen molar-refractivity contribution in [3.63, 3.8) is 0 Å². The number of rotatable bonds is 6. The molecule has 7 nitrogen and oxygen atoms in total. The highest BCUT2D eigenvalue weighted by Gasteiger charge is 2.19. The van der Waals surface area contributed by atoms with Crippen LogP contribution in [0, 0.1) is 13.8 Å². The average molecular weight is 481 g/mol. The number of nitrogens with zero attached hydrogens (tertiary/aromatic N) is 6. The van der Waals surface area contributed by atoms with Crippen LogP contribution in [0.5, 0.6) is 0 Å². The maximum atomic E-state index is 12.9. The van der Waals surface area contributed by atoms with E-state index in [1.54, 1.807) is 22.8 Å². The zero-order valence-corrected chi connectivity index (χ0v) is 19.7. The zero-order valence-electron chi connectivity index (χ0n) is 18.1. The molecule has 0 radical (unpaired) electrons. The van der Waals surface area contributed by atoms with Gasteiger partial charge in [0, 0.05) is 31.4 Å². The van der Waals surface area contributed by atoms with Gasteiger partial charge in [0.05, 0.1) is 22.4 Å². The van der Waals surface area contributed by atoms with E-state index < -0.39 is 0 Å². The number of amides is 1. The van der Waals surface area contributed by atoms with Crippen molar-refractivity contribution >= 4 is 32.9 Å². The molecule has 0 spiro atoms. The van der Waals surface area contributed by atoms with Crippen LogP contribution in [0.15, 0.2) is 47.2 Å². The summed E-state index contributed by atoms with van der Waals surface area (Å²) in [4.78, 5) is 19.2. The van der Waals surface area contributed by atoms with Gasteiger partial charge in [-0.3, -0.25) is 9.48 Å². The normalized spacial score (nSPS) is 11.3. The van der Waals surface area contributed by atoms with Gasteiger partial charge in [-0.05, 0) is 53.9 Å². The highest BCUT2D eigenvalue weighted by molar-refractivity contribution is 9.10. The van der Waals surface area contributed by atoms with Crippen LogP contribution in [0.4, 0.5) is 0 Å². The fourth-order valence-corrected chi connectivity index (χ4v) is 4.15. The van der Waals surface area contributed by atoms with Crippen molar-refractivity contribution in [3.8, 4) is 11.1 Å². The molecule has 0 aliphatic rings. The molecule has 0 N–H and O–H groups in total. The number of likely N-dealkylation sites (N-methyl/N-ethyl adjacent to an activating group) is 1. The second-order valence-corrected chi connectivity index (χ2v) is 8.55. The number of fused-ring (bicyclic) bond motifs is 1. The molecule has 1 aromatic carbocycles. The van der Waals surface area contributed by atoms with Gasteiger partial charge in [0.25, 0.3) is 0 Å². The third kappa shape index (κ3) is 4.25. The van der Waals surface area contributed by atoms with Crippen LogP contribution >= 0.6 is 15.9 Å². The van der Waals surface area contributed by atoms with E-state index in [0.717, 1.165) is 44.6 Å². The van der Waals surface area contributed by atoms with E-state index in [1.807, 2.05) is 36.9 Å². The summed E-state index contributed by atoms with van der Waals surface area (Å²) in [5.74, 6) is -0.0508. The Labute approximate surface area is 189 Å².